The fourth-order valence-electron chi connectivity index (χ4n) is 4.19. The molecule has 0 bridgehead atoms. The van der Waals surface area contributed by atoms with Crippen LogP contribution < -0.4 is 4.74 Å². The Morgan fingerprint density at radius 2 is 1.83 bits per heavy atom. The van der Waals surface area contributed by atoms with Crippen LogP contribution in [0.2, 0.25) is 0 Å². The van der Waals surface area contributed by atoms with Crippen molar-refractivity contribution in [3.63, 3.8) is 0 Å². The van der Waals surface area contributed by atoms with Crippen molar-refractivity contribution in [2.75, 3.05) is 0 Å². The summed E-state index contributed by atoms with van der Waals surface area (Å²) in [6.45, 7) is 4.53. The zero-order valence-electron chi connectivity index (χ0n) is 19.7. The Morgan fingerprint density at radius 1 is 1.08 bits per heavy atom. The molecular weight excluding hydrogens is 519 g/mol. The molecule has 5 nitrogen and oxygen atoms in total. The zero-order valence-corrected chi connectivity index (χ0v) is 21.3. The highest BCUT2D eigenvalue weighted by atomic mass is 79.9. The molecule has 178 valence electrons. The Bertz CT molecular complexity index is 1620. The van der Waals surface area contributed by atoms with E-state index in [-0.39, 0.29) is 5.82 Å². The number of nitriles is 1. The van der Waals surface area contributed by atoms with Gasteiger partial charge in [0.25, 0.3) is 0 Å². The molecule has 0 saturated carbocycles. The minimum Gasteiger partial charge on any atom is -0.489 e. The second-order valence-corrected chi connectivity index (χ2v) is 9.40. The van der Waals surface area contributed by atoms with E-state index in [4.69, 9.17) is 4.74 Å². The van der Waals surface area contributed by atoms with Crippen molar-refractivity contribution in [1.82, 2.24) is 14.5 Å². The number of hydrogen-bond donors (Lipinski definition) is 1. The lowest BCUT2D eigenvalue weighted by Gasteiger charge is -2.11. The number of hydrogen-bond acceptors (Lipinski definition) is 3. The van der Waals surface area contributed by atoms with Crippen LogP contribution in [0.4, 0.5) is 4.39 Å². The Balaban J connectivity index is 1.39. The molecule has 1 N–H and O–H groups in total. The monoisotopic (exact) mass is 540 g/mol. The van der Waals surface area contributed by atoms with E-state index < -0.39 is 0 Å². The topological polar surface area (TPSA) is 66.6 Å². The summed E-state index contributed by atoms with van der Waals surface area (Å²) in [6.07, 6.45) is 1.81. The lowest BCUT2D eigenvalue weighted by molar-refractivity contribution is 0.306. The molecule has 36 heavy (non-hydrogen) atoms. The van der Waals surface area contributed by atoms with Gasteiger partial charge in [-0.25, -0.2) is 9.37 Å². The maximum Gasteiger partial charge on any atom is 0.149 e. The molecule has 0 aliphatic heterocycles. The summed E-state index contributed by atoms with van der Waals surface area (Å²) in [7, 11) is 0. The summed E-state index contributed by atoms with van der Waals surface area (Å²) in [5.74, 6) is 0.848. The number of halogens is 2. The summed E-state index contributed by atoms with van der Waals surface area (Å²) in [5, 5.41) is 9.81. The molecule has 0 spiro atoms. The highest BCUT2D eigenvalue weighted by Crippen LogP contribution is 2.27. The van der Waals surface area contributed by atoms with E-state index >= 15 is 0 Å². The first-order chi connectivity index (χ1) is 17.4. The van der Waals surface area contributed by atoms with Gasteiger partial charge in [0.1, 0.15) is 30.1 Å². The van der Waals surface area contributed by atoms with Crippen LogP contribution in [0.5, 0.6) is 5.75 Å². The first-order valence-electron chi connectivity index (χ1n) is 11.4. The number of aromatic amines is 1. The van der Waals surface area contributed by atoms with Crippen LogP contribution >= 0.6 is 15.9 Å². The third kappa shape index (κ3) is 4.81. The lowest BCUT2D eigenvalue weighted by Crippen LogP contribution is -2.00. The van der Waals surface area contributed by atoms with Crippen LogP contribution in [0.25, 0.3) is 28.4 Å². The largest absolute Gasteiger partial charge is 0.489 e. The van der Waals surface area contributed by atoms with E-state index in [0.717, 1.165) is 38.4 Å². The molecule has 0 radical (unpaired) electrons. The summed E-state index contributed by atoms with van der Waals surface area (Å²) in [6, 6.07) is 24.6. The van der Waals surface area contributed by atoms with Crippen molar-refractivity contribution in [3.8, 4) is 17.5 Å². The predicted octanol–water partition coefficient (Wildman–Crippen LogP) is 7.52. The van der Waals surface area contributed by atoms with Crippen molar-refractivity contribution in [2.24, 2.45) is 0 Å². The molecule has 3 aromatic carbocycles. The number of allylic oxidation sites excluding steroid dienone is 1. The van der Waals surface area contributed by atoms with E-state index in [2.05, 4.69) is 36.5 Å². The zero-order chi connectivity index (χ0) is 25.2. The van der Waals surface area contributed by atoms with Crippen molar-refractivity contribution in [3.05, 3.63) is 111 Å². The third-order valence-electron chi connectivity index (χ3n) is 6.00. The second kappa shape index (κ2) is 9.84. The number of nitrogens with zero attached hydrogens (tertiary/aromatic N) is 3. The molecule has 5 rings (SSSR count). The number of rotatable bonds is 6. The summed E-state index contributed by atoms with van der Waals surface area (Å²) in [5.41, 5.74) is 6.57. The predicted molar refractivity (Wildman–Crippen MR) is 143 cm³/mol. The molecule has 5 aromatic rings. The molecule has 2 heterocycles. The van der Waals surface area contributed by atoms with Gasteiger partial charge in [-0.2, -0.15) is 5.26 Å². The van der Waals surface area contributed by atoms with Crippen molar-refractivity contribution in [2.45, 2.75) is 20.5 Å². The lowest BCUT2D eigenvalue weighted by atomic mass is 10.1. The number of H-pyrrole nitrogens is 1. The fraction of sp³-hybridized carbons (Fsp3) is 0.103. The van der Waals surface area contributed by atoms with E-state index in [1.165, 1.54) is 12.1 Å². The minimum absolute atomic E-state index is 0.353. The number of benzene rings is 3. The number of ether oxygens (including phenoxy) is 1. The SMILES string of the molecule is Cc1cc(/C=C(/C#N)c2nc3ccc(F)cc3[nH]2)c(C)n1-c1ccc(OCc2ccc(Br)cc2)cc1. The molecule has 0 fully saturated rings. The summed E-state index contributed by atoms with van der Waals surface area (Å²) < 4.78 is 22.7. The molecular formula is C29H22BrFN4O. The smallest absolute Gasteiger partial charge is 0.149 e. The van der Waals surface area contributed by atoms with Crippen LogP contribution in [0.3, 0.4) is 0 Å². The number of nitrogens with one attached hydrogen (secondary N) is 1. The second-order valence-electron chi connectivity index (χ2n) is 8.49. The van der Waals surface area contributed by atoms with Gasteiger partial charge >= 0.3 is 0 Å². The van der Waals surface area contributed by atoms with E-state index in [0.29, 0.717) is 29.0 Å². The van der Waals surface area contributed by atoms with E-state index in [1.807, 2.05) is 74.5 Å². The summed E-state index contributed by atoms with van der Waals surface area (Å²) >= 11 is 3.44. The van der Waals surface area contributed by atoms with E-state index in [1.54, 1.807) is 6.07 Å². The van der Waals surface area contributed by atoms with Gasteiger partial charge in [0.15, 0.2) is 0 Å². The summed E-state index contributed by atoms with van der Waals surface area (Å²) in [4.78, 5) is 7.50. The number of aromatic nitrogens is 3. The van der Waals surface area contributed by atoms with Gasteiger partial charge < -0.3 is 14.3 Å². The van der Waals surface area contributed by atoms with Crippen LogP contribution in [0.1, 0.15) is 28.3 Å². The third-order valence-corrected chi connectivity index (χ3v) is 6.53. The first-order valence-corrected chi connectivity index (χ1v) is 12.1. The number of imidazole rings is 1. The maximum atomic E-state index is 13.6. The molecule has 0 amide bonds. The highest BCUT2D eigenvalue weighted by molar-refractivity contribution is 9.10. The molecule has 0 atom stereocenters. The molecule has 7 heteroatoms. The number of fused-ring (bicyclic) bond motifs is 1. The van der Waals surface area contributed by atoms with Crippen LogP contribution in [0, 0.1) is 31.0 Å². The van der Waals surface area contributed by atoms with Crippen LogP contribution in [0.15, 0.2) is 77.3 Å². The van der Waals surface area contributed by atoms with Gasteiger partial charge in [0.05, 0.1) is 16.6 Å². The Morgan fingerprint density at radius 3 is 2.56 bits per heavy atom. The fourth-order valence-corrected chi connectivity index (χ4v) is 4.45. The minimum atomic E-state index is -0.353. The van der Waals surface area contributed by atoms with Gasteiger partial charge in [-0.15, -0.1) is 0 Å². The van der Waals surface area contributed by atoms with Crippen molar-refractivity contribution < 1.29 is 9.13 Å². The van der Waals surface area contributed by atoms with Crippen molar-refractivity contribution in [1.29, 1.82) is 5.26 Å². The molecule has 2 aromatic heterocycles. The Hall–Kier alpha value is -4.15. The van der Waals surface area contributed by atoms with E-state index in [9.17, 15) is 9.65 Å². The van der Waals surface area contributed by atoms with Crippen molar-refractivity contribution >= 4 is 38.6 Å². The Kier molecular flexibility index (Phi) is 6.45. The average Bonchev–Trinajstić information content (AvgIpc) is 3.41. The normalized spacial score (nSPS) is 11.6. The van der Waals surface area contributed by atoms with Gasteiger partial charge in [0, 0.05) is 21.5 Å². The van der Waals surface area contributed by atoms with Crippen LogP contribution in [-0.4, -0.2) is 14.5 Å². The quantitative estimate of drug-likeness (QED) is 0.226. The van der Waals surface area contributed by atoms with Crippen LogP contribution in [-0.2, 0) is 6.61 Å². The van der Waals surface area contributed by atoms with Gasteiger partial charge in [-0.3, -0.25) is 0 Å². The molecule has 0 aliphatic rings. The molecule has 0 saturated heterocycles. The molecule has 0 unspecified atom stereocenters. The highest BCUT2D eigenvalue weighted by Gasteiger charge is 2.13. The molecule has 0 aliphatic carbocycles. The number of aryl methyl sites for hydroxylation is 1. The van der Waals surface area contributed by atoms with Gasteiger partial charge in [-0.05, 0) is 91.7 Å². The average molecular weight is 541 g/mol. The van der Waals surface area contributed by atoms with Gasteiger partial charge in [0.2, 0.25) is 0 Å². The maximum absolute atomic E-state index is 13.6. The first kappa shape index (κ1) is 23.6. The van der Waals surface area contributed by atoms with Gasteiger partial charge in [-0.1, -0.05) is 28.1 Å². The standard InChI is InChI=1S/C29H22BrFN4O/c1-18-13-21(14-22(16-32)29-33-27-12-7-24(31)15-28(27)34-29)19(2)35(18)25-8-10-26(11-9-25)36-17-20-3-5-23(30)6-4-20/h3-15H,17H2,1-2H3,(H,33,34)/b22-14-. The Labute approximate surface area is 216 Å².